The van der Waals surface area contributed by atoms with Gasteiger partial charge in [0.15, 0.2) is 0 Å². The Morgan fingerprint density at radius 3 is 2.95 bits per heavy atom. The van der Waals surface area contributed by atoms with Crippen LogP contribution in [-0.4, -0.2) is 16.5 Å². The second-order valence-corrected chi connectivity index (χ2v) is 7.29. The van der Waals surface area contributed by atoms with Crippen LogP contribution in [0.4, 0.5) is 0 Å². The lowest BCUT2D eigenvalue weighted by molar-refractivity contribution is 0.301. The van der Waals surface area contributed by atoms with Gasteiger partial charge in [0.05, 0.1) is 12.1 Å². The molecule has 2 heterocycles. The Morgan fingerprint density at radius 1 is 1.38 bits per heavy atom. The Bertz CT molecular complexity index is 630. The van der Waals surface area contributed by atoms with E-state index in [1.54, 1.807) is 0 Å². The van der Waals surface area contributed by atoms with E-state index in [-0.39, 0.29) is 11.0 Å². The Balaban J connectivity index is 1.88. The monoisotopic (exact) mass is 307 g/mol. The van der Waals surface area contributed by atoms with Gasteiger partial charge in [-0.25, -0.2) is 4.98 Å². The maximum Gasteiger partial charge on any atom is 0.268 e. The van der Waals surface area contributed by atoms with Gasteiger partial charge in [0.2, 0.25) is 0 Å². The van der Waals surface area contributed by atoms with Crippen molar-refractivity contribution in [1.29, 1.82) is 0 Å². The number of rotatable bonds is 8. The van der Waals surface area contributed by atoms with Crippen molar-refractivity contribution in [2.45, 2.75) is 53.0 Å². The highest BCUT2D eigenvalue weighted by atomic mass is 32.1. The quantitative estimate of drug-likeness (QED) is 0.731. The molecule has 0 amide bonds. The largest absolute Gasteiger partial charge is 0.309 e. The molecule has 0 radical (unpaired) electrons. The maximum absolute atomic E-state index is 11.9. The van der Waals surface area contributed by atoms with Crippen molar-refractivity contribution >= 4 is 21.6 Å². The summed E-state index contributed by atoms with van der Waals surface area (Å²) in [5, 5.41) is 5.33. The molecule has 2 N–H and O–H groups in total. The molecule has 0 aliphatic rings. The van der Waals surface area contributed by atoms with E-state index in [2.05, 4.69) is 36.1 Å². The fourth-order valence-electron chi connectivity index (χ4n) is 2.47. The van der Waals surface area contributed by atoms with Crippen molar-refractivity contribution < 1.29 is 0 Å². The molecular weight excluding hydrogens is 282 g/mol. The zero-order chi connectivity index (χ0) is 15.3. The molecule has 0 aromatic carbocycles. The minimum atomic E-state index is -0.0333. The number of nitrogens with zero attached hydrogens (tertiary/aromatic N) is 1. The van der Waals surface area contributed by atoms with E-state index in [1.807, 2.05) is 11.4 Å². The van der Waals surface area contributed by atoms with Crippen LogP contribution in [0.5, 0.6) is 0 Å². The molecule has 0 aliphatic carbocycles. The lowest BCUT2D eigenvalue weighted by Gasteiger charge is -2.25. The number of hydrogen-bond acceptors (Lipinski definition) is 4. The van der Waals surface area contributed by atoms with Crippen LogP contribution < -0.4 is 10.9 Å². The second-order valence-electron chi connectivity index (χ2n) is 6.37. The van der Waals surface area contributed by atoms with Gasteiger partial charge in [0, 0.05) is 6.54 Å². The molecule has 0 saturated carbocycles. The summed E-state index contributed by atoms with van der Waals surface area (Å²) in [4.78, 5) is 19.2. The lowest BCUT2D eigenvalue weighted by atomic mass is 9.87. The van der Waals surface area contributed by atoms with Gasteiger partial charge >= 0.3 is 0 Å². The Kier molecular flexibility index (Phi) is 5.53. The molecule has 0 atom stereocenters. The van der Waals surface area contributed by atoms with Crippen LogP contribution in [-0.2, 0) is 6.54 Å². The predicted molar refractivity (Wildman–Crippen MR) is 89.9 cm³/mol. The van der Waals surface area contributed by atoms with E-state index in [0.29, 0.717) is 11.2 Å². The molecule has 4 nitrogen and oxygen atoms in total. The molecule has 5 heteroatoms. The summed E-state index contributed by atoms with van der Waals surface area (Å²) in [6.45, 7) is 8.34. The van der Waals surface area contributed by atoms with Crippen LogP contribution in [0.1, 0.15) is 52.3 Å². The second kappa shape index (κ2) is 7.18. The van der Waals surface area contributed by atoms with E-state index in [1.165, 1.54) is 37.0 Å². The number of fused-ring (bicyclic) bond motifs is 1. The van der Waals surface area contributed by atoms with Gasteiger partial charge in [0.25, 0.3) is 5.56 Å². The summed E-state index contributed by atoms with van der Waals surface area (Å²) >= 11 is 1.44. The number of thiophene rings is 1. The number of H-pyrrole nitrogens is 1. The Hall–Kier alpha value is -1.20. The van der Waals surface area contributed by atoms with Gasteiger partial charge in [-0.15, -0.1) is 11.3 Å². The van der Waals surface area contributed by atoms with E-state index in [0.717, 1.165) is 17.9 Å². The summed E-state index contributed by atoms with van der Waals surface area (Å²) in [5.41, 5.74) is 1.04. The first-order chi connectivity index (χ1) is 10.0. The zero-order valence-corrected chi connectivity index (χ0v) is 14.0. The van der Waals surface area contributed by atoms with Crippen LogP contribution in [0.2, 0.25) is 0 Å². The third-order valence-corrected chi connectivity index (χ3v) is 4.62. The molecule has 0 aliphatic heterocycles. The topological polar surface area (TPSA) is 57.8 Å². The van der Waals surface area contributed by atoms with Crippen LogP contribution in [0.3, 0.4) is 0 Å². The molecule has 0 unspecified atom stereocenters. The van der Waals surface area contributed by atoms with Crippen LogP contribution in [0, 0.1) is 5.41 Å². The van der Waals surface area contributed by atoms with Gasteiger partial charge in [0.1, 0.15) is 10.5 Å². The van der Waals surface area contributed by atoms with Gasteiger partial charge in [-0.05, 0) is 23.3 Å². The summed E-state index contributed by atoms with van der Waals surface area (Å²) in [6, 6.07) is 1.90. The molecule has 21 heavy (non-hydrogen) atoms. The number of aromatic amines is 1. The Morgan fingerprint density at radius 2 is 2.19 bits per heavy atom. The number of nitrogens with one attached hydrogen (secondary N) is 2. The minimum Gasteiger partial charge on any atom is -0.309 e. The number of hydrogen-bond donors (Lipinski definition) is 2. The molecule has 0 fully saturated rings. The summed E-state index contributed by atoms with van der Waals surface area (Å²) < 4.78 is 0.707. The van der Waals surface area contributed by atoms with Crippen LogP contribution in [0.15, 0.2) is 16.2 Å². The van der Waals surface area contributed by atoms with E-state index < -0.39 is 0 Å². The molecule has 2 rings (SSSR count). The zero-order valence-electron chi connectivity index (χ0n) is 13.2. The SMILES string of the molecule is CCCCCC(C)(C)CNCc1nc2ccsc2c(=O)[nH]1. The molecule has 2 aromatic heterocycles. The highest BCUT2D eigenvalue weighted by Crippen LogP contribution is 2.22. The molecule has 116 valence electrons. The molecule has 0 spiro atoms. The van der Waals surface area contributed by atoms with Crippen molar-refractivity contribution in [3.05, 3.63) is 27.6 Å². The maximum atomic E-state index is 11.9. The summed E-state index contributed by atoms with van der Waals surface area (Å²) in [6.07, 6.45) is 5.06. The summed E-state index contributed by atoms with van der Waals surface area (Å²) in [5.74, 6) is 0.718. The van der Waals surface area contributed by atoms with Crippen molar-refractivity contribution in [3.8, 4) is 0 Å². The van der Waals surface area contributed by atoms with Gasteiger partial charge in [-0.3, -0.25) is 4.79 Å². The first-order valence-electron chi connectivity index (χ1n) is 7.69. The van der Waals surface area contributed by atoms with Gasteiger partial charge < -0.3 is 10.3 Å². The van der Waals surface area contributed by atoms with E-state index in [4.69, 9.17) is 0 Å². The third kappa shape index (κ3) is 4.64. The highest BCUT2D eigenvalue weighted by Gasteiger charge is 2.16. The summed E-state index contributed by atoms with van der Waals surface area (Å²) in [7, 11) is 0. The van der Waals surface area contributed by atoms with Gasteiger partial charge in [-0.2, -0.15) is 0 Å². The predicted octanol–water partition coefficient (Wildman–Crippen LogP) is 3.68. The fourth-order valence-corrected chi connectivity index (χ4v) is 3.19. The first-order valence-corrected chi connectivity index (χ1v) is 8.57. The van der Waals surface area contributed by atoms with E-state index in [9.17, 15) is 4.79 Å². The van der Waals surface area contributed by atoms with Crippen molar-refractivity contribution in [3.63, 3.8) is 0 Å². The molecular formula is C16H25N3OS. The lowest BCUT2D eigenvalue weighted by Crippen LogP contribution is -2.30. The van der Waals surface area contributed by atoms with Crippen molar-refractivity contribution in [2.75, 3.05) is 6.54 Å². The normalized spacial score (nSPS) is 12.1. The first kappa shape index (κ1) is 16.2. The Labute approximate surface area is 130 Å². The van der Waals surface area contributed by atoms with Crippen LogP contribution >= 0.6 is 11.3 Å². The fraction of sp³-hybridized carbons (Fsp3) is 0.625. The average Bonchev–Trinajstić information content (AvgIpc) is 2.87. The molecule has 0 saturated heterocycles. The smallest absolute Gasteiger partial charge is 0.268 e. The highest BCUT2D eigenvalue weighted by molar-refractivity contribution is 7.17. The third-order valence-electron chi connectivity index (χ3n) is 3.72. The number of aromatic nitrogens is 2. The van der Waals surface area contributed by atoms with Crippen molar-refractivity contribution in [2.24, 2.45) is 5.41 Å². The van der Waals surface area contributed by atoms with Crippen molar-refractivity contribution in [1.82, 2.24) is 15.3 Å². The standard InChI is InChI=1S/C16H25N3OS/c1-4-5-6-8-16(2,3)11-17-10-13-18-12-7-9-21-14(12)15(20)19-13/h7,9,17H,4-6,8,10-11H2,1-3H3,(H,18,19,20). The van der Waals surface area contributed by atoms with Crippen LogP contribution in [0.25, 0.3) is 10.2 Å². The van der Waals surface area contributed by atoms with E-state index >= 15 is 0 Å². The van der Waals surface area contributed by atoms with Gasteiger partial charge in [-0.1, -0.05) is 40.0 Å². The molecule has 0 bridgehead atoms. The molecule has 2 aromatic rings. The number of unbranched alkanes of at least 4 members (excludes halogenated alkanes) is 2. The minimum absolute atomic E-state index is 0.0333. The average molecular weight is 307 g/mol.